The Balaban J connectivity index is 1.42. The standard InChI is InChI=1S/C26H27N3O3/c30-24-14-5-7-16-29(24)25(21-10-2-1-3-11-21)26(31)28-18-20-9-8-13-23(17-20)32-19-22-12-4-6-15-27-22/h1-4,6,8-13,15,17,25H,5,7,14,16,18-19H2,(H,28,31). The first-order chi connectivity index (χ1) is 15.7. The van der Waals surface area contributed by atoms with Crippen molar-refractivity contribution in [1.29, 1.82) is 0 Å². The van der Waals surface area contributed by atoms with Crippen LogP contribution >= 0.6 is 0 Å². The van der Waals surface area contributed by atoms with E-state index in [0.29, 0.717) is 31.9 Å². The van der Waals surface area contributed by atoms with Crippen molar-refractivity contribution in [2.75, 3.05) is 6.54 Å². The number of nitrogens with zero attached hydrogens (tertiary/aromatic N) is 2. The van der Waals surface area contributed by atoms with Crippen LogP contribution in [0, 0.1) is 0 Å². The minimum atomic E-state index is -0.618. The number of piperidine rings is 1. The van der Waals surface area contributed by atoms with Crippen LogP contribution in [0.15, 0.2) is 79.0 Å². The lowest BCUT2D eigenvalue weighted by atomic mass is 10.0. The first-order valence-corrected chi connectivity index (χ1v) is 10.9. The van der Waals surface area contributed by atoms with Gasteiger partial charge in [-0.1, -0.05) is 48.5 Å². The molecule has 1 fully saturated rings. The van der Waals surface area contributed by atoms with Crippen molar-refractivity contribution in [3.8, 4) is 5.75 Å². The summed E-state index contributed by atoms with van der Waals surface area (Å²) in [5.74, 6) is 0.574. The van der Waals surface area contributed by atoms with Gasteiger partial charge in [-0.3, -0.25) is 14.6 Å². The molecule has 164 valence electrons. The van der Waals surface area contributed by atoms with Gasteiger partial charge < -0.3 is 15.0 Å². The molecule has 1 N–H and O–H groups in total. The SMILES string of the molecule is O=C(NCc1cccc(OCc2ccccn2)c1)C(c1ccccc1)N1CCCCC1=O. The second-order valence-corrected chi connectivity index (χ2v) is 7.83. The summed E-state index contributed by atoms with van der Waals surface area (Å²) in [7, 11) is 0. The number of carbonyl (C=O) groups excluding carboxylic acids is 2. The highest BCUT2D eigenvalue weighted by atomic mass is 16.5. The second-order valence-electron chi connectivity index (χ2n) is 7.83. The molecule has 2 heterocycles. The van der Waals surface area contributed by atoms with Crippen molar-refractivity contribution in [3.05, 3.63) is 95.8 Å². The number of nitrogens with one attached hydrogen (secondary N) is 1. The topological polar surface area (TPSA) is 71.5 Å². The largest absolute Gasteiger partial charge is 0.487 e. The molecule has 1 aliphatic heterocycles. The fourth-order valence-electron chi connectivity index (χ4n) is 3.88. The zero-order valence-electron chi connectivity index (χ0n) is 17.9. The molecular weight excluding hydrogens is 402 g/mol. The minimum Gasteiger partial charge on any atom is -0.487 e. The van der Waals surface area contributed by atoms with Gasteiger partial charge in [-0.15, -0.1) is 0 Å². The predicted molar refractivity (Wildman–Crippen MR) is 122 cm³/mol. The molecule has 2 aromatic carbocycles. The molecule has 0 bridgehead atoms. The third kappa shape index (κ3) is 5.52. The lowest BCUT2D eigenvalue weighted by molar-refractivity contribution is -0.142. The van der Waals surface area contributed by atoms with Gasteiger partial charge >= 0.3 is 0 Å². The number of carbonyl (C=O) groups is 2. The van der Waals surface area contributed by atoms with Crippen LogP contribution in [0.1, 0.15) is 42.1 Å². The monoisotopic (exact) mass is 429 g/mol. The van der Waals surface area contributed by atoms with Gasteiger partial charge in [-0.25, -0.2) is 0 Å². The molecule has 0 saturated carbocycles. The molecule has 1 saturated heterocycles. The van der Waals surface area contributed by atoms with Gasteiger partial charge in [0.05, 0.1) is 5.69 Å². The van der Waals surface area contributed by atoms with Gasteiger partial charge in [0, 0.05) is 25.7 Å². The number of benzene rings is 2. The Morgan fingerprint density at radius 3 is 2.66 bits per heavy atom. The van der Waals surface area contributed by atoms with E-state index in [1.807, 2.05) is 72.8 Å². The fraction of sp³-hybridized carbons (Fsp3) is 0.269. The molecule has 1 atom stereocenters. The summed E-state index contributed by atoms with van der Waals surface area (Å²) in [5.41, 5.74) is 2.60. The third-order valence-corrected chi connectivity index (χ3v) is 5.51. The van der Waals surface area contributed by atoms with E-state index in [2.05, 4.69) is 10.3 Å². The number of amides is 2. The Hall–Kier alpha value is -3.67. The summed E-state index contributed by atoms with van der Waals surface area (Å²) in [6.07, 6.45) is 4.02. The molecule has 0 aliphatic carbocycles. The van der Waals surface area contributed by atoms with Crippen molar-refractivity contribution in [3.63, 3.8) is 0 Å². The Morgan fingerprint density at radius 1 is 1.03 bits per heavy atom. The zero-order valence-corrected chi connectivity index (χ0v) is 17.9. The zero-order chi connectivity index (χ0) is 22.2. The van der Waals surface area contributed by atoms with Crippen LogP contribution in [0.4, 0.5) is 0 Å². The molecule has 6 nitrogen and oxygen atoms in total. The van der Waals surface area contributed by atoms with Crippen molar-refractivity contribution in [1.82, 2.24) is 15.2 Å². The van der Waals surface area contributed by atoms with Crippen molar-refractivity contribution in [2.45, 2.75) is 38.5 Å². The van der Waals surface area contributed by atoms with Crippen LogP contribution in [0.3, 0.4) is 0 Å². The van der Waals surface area contributed by atoms with E-state index in [1.54, 1.807) is 11.1 Å². The first-order valence-electron chi connectivity index (χ1n) is 10.9. The van der Waals surface area contributed by atoms with Crippen LogP contribution in [0.5, 0.6) is 5.75 Å². The first kappa shape index (κ1) is 21.6. The van der Waals surface area contributed by atoms with Gasteiger partial charge in [0.2, 0.25) is 11.8 Å². The van der Waals surface area contributed by atoms with E-state index < -0.39 is 6.04 Å². The van der Waals surface area contributed by atoms with Crippen molar-refractivity contribution in [2.24, 2.45) is 0 Å². The number of likely N-dealkylation sites (tertiary alicyclic amines) is 1. The predicted octanol–water partition coefficient (Wildman–Crippen LogP) is 4.03. The molecule has 2 amide bonds. The van der Waals surface area contributed by atoms with Crippen LogP contribution in [0.2, 0.25) is 0 Å². The summed E-state index contributed by atoms with van der Waals surface area (Å²) in [5, 5.41) is 3.02. The third-order valence-electron chi connectivity index (χ3n) is 5.51. The highest BCUT2D eigenvalue weighted by molar-refractivity contribution is 5.89. The minimum absolute atomic E-state index is 0.0326. The van der Waals surface area contributed by atoms with Gasteiger partial charge in [-0.2, -0.15) is 0 Å². The average Bonchev–Trinajstić information content (AvgIpc) is 2.84. The van der Waals surface area contributed by atoms with Gasteiger partial charge in [-0.05, 0) is 48.2 Å². The maximum atomic E-state index is 13.2. The average molecular weight is 430 g/mol. The number of hydrogen-bond acceptors (Lipinski definition) is 4. The summed E-state index contributed by atoms with van der Waals surface area (Å²) in [4.78, 5) is 31.7. The Bertz CT molecular complexity index is 1040. The smallest absolute Gasteiger partial charge is 0.247 e. The molecule has 0 radical (unpaired) electrons. The van der Waals surface area contributed by atoms with E-state index in [9.17, 15) is 9.59 Å². The van der Waals surface area contributed by atoms with E-state index >= 15 is 0 Å². The molecule has 0 spiro atoms. The number of rotatable bonds is 8. The normalized spacial score (nSPS) is 14.6. The Labute approximate surface area is 188 Å². The lowest BCUT2D eigenvalue weighted by Crippen LogP contribution is -2.45. The van der Waals surface area contributed by atoms with Crippen LogP contribution < -0.4 is 10.1 Å². The number of aromatic nitrogens is 1. The molecular formula is C26H27N3O3. The molecule has 6 heteroatoms. The molecule has 3 aromatic rings. The quantitative estimate of drug-likeness (QED) is 0.587. The van der Waals surface area contributed by atoms with Crippen molar-refractivity contribution < 1.29 is 14.3 Å². The number of ether oxygens (including phenoxy) is 1. The number of pyridine rings is 1. The van der Waals surface area contributed by atoms with E-state index in [1.165, 1.54) is 0 Å². The maximum absolute atomic E-state index is 13.2. The van der Waals surface area contributed by atoms with Gasteiger partial charge in [0.15, 0.2) is 0 Å². The Kier molecular flexibility index (Phi) is 7.12. The fourth-order valence-corrected chi connectivity index (χ4v) is 3.88. The molecule has 4 rings (SSSR count). The van der Waals surface area contributed by atoms with E-state index in [4.69, 9.17) is 4.74 Å². The van der Waals surface area contributed by atoms with Gasteiger partial charge in [0.1, 0.15) is 18.4 Å². The molecule has 1 aliphatic rings. The number of hydrogen-bond donors (Lipinski definition) is 1. The lowest BCUT2D eigenvalue weighted by Gasteiger charge is -2.34. The second kappa shape index (κ2) is 10.6. The molecule has 1 unspecified atom stereocenters. The molecule has 1 aromatic heterocycles. The van der Waals surface area contributed by atoms with Crippen molar-refractivity contribution >= 4 is 11.8 Å². The highest BCUT2D eigenvalue weighted by Crippen LogP contribution is 2.26. The van der Waals surface area contributed by atoms with Gasteiger partial charge in [0.25, 0.3) is 0 Å². The summed E-state index contributed by atoms with van der Waals surface area (Å²) >= 11 is 0. The van der Waals surface area contributed by atoms with Crippen LogP contribution in [-0.2, 0) is 22.7 Å². The summed E-state index contributed by atoms with van der Waals surface area (Å²) in [6.45, 7) is 1.33. The highest BCUT2D eigenvalue weighted by Gasteiger charge is 2.32. The maximum Gasteiger partial charge on any atom is 0.247 e. The summed E-state index contributed by atoms with van der Waals surface area (Å²) in [6, 6.07) is 22.2. The molecule has 32 heavy (non-hydrogen) atoms. The van der Waals surface area contributed by atoms with Crippen LogP contribution in [-0.4, -0.2) is 28.2 Å². The van der Waals surface area contributed by atoms with E-state index in [0.717, 1.165) is 29.7 Å². The summed E-state index contributed by atoms with van der Waals surface area (Å²) < 4.78 is 5.84. The Morgan fingerprint density at radius 2 is 1.88 bits per heavy atom. The van der Waals surface area contributed by atoms with Crippen LogP contribution in [0.25, 0.3) is 0 Å². The van der Waals surface area contributed by atoms with E-state index in [-0.39, 0.29) is 11.8 Å².